The molecule has 33 heavy (non-hydrogen) atoms. The predicted molar refractivity (Wildman–Crippen MR) is 130 cm³/mol. The highest BCUT2D eigenvalue weighted by Gasteiger charge is 2.44. The molecule has 1 saturated heterocycles. The van der Waals surface area contributed by atoms with Crippen LogP contribution in [0.2, 0.25) is 0 Å². The van der Waals surface area contributed by atoms with Crippen molar-refractivity contribution in [2.24, 2.45) is 5.92 Å². The summed E-state index contributed by atoms with van der Waals surface area (Å²) < 4.78 is 41.7. The van der Waals surface area contributed by atoms with Gasteiger partial charge in [0.25, 0.3) is 0 Å². The molecule has 0 radical (unpaired) electrons. The minimum Gasteiger partial charge on any atom is -0.316 e. The lowest BCUT2D eigenvalue weighted by Crippen LogP contribution is -2.53. The number of nitrogens with one attached hydrogen (secondary N) is 1. The first-order chi connectivity index (χ1) is 15.9. The van der Waals surface area contributed by atoms with Gasteiger partial charge in [-0.2, -0.15) is 0 Å². The first-order valence-corrected chi connectivity index (χ1v) is 13.6. The Morgan fingerprint density at radius 3 is 2.64 bits per heavy atom. The highest BCUT2D eigenvalue weighted by molar-refractivity contribution is 7.90. The van der Waals surface area contributed by atoms with Gasteiger partial charge in [-0.3, -0.25) is 0 Å². The molecule has 3 unspecified atom stereocenters. The van der Waals surface area contributed by atoms with E-state index < -0.39 is 15.3 Å². The van der Waals surface area contributed by atoms with Gasteiger partial charge >= 0.3 is 0 Å². The monoisotopic (exact) mass is 468 g/mol. The van der Waals surface area contributed by atoms with Gasteiger partial charge in [-0.25, -0.2) is 17.1 Å². The van der Waals surface area contributed by atoms with E-state index in [-0.39, 0.29) is 23.6 Å². The molecular weight excluding hydrogens is 435 g/mol. The molecule has 4 nitrogen and oxygen atoms in total. The number of hydrogen-bond donors (Lipinski definition) is 1. The molecule has 0 amide bonds. The molecule has 0 spiro atoms. The van der Waals surface area contributed by atoms with Gasteiger partial charge in [-0.05, 0) is 73.0 Å². The van der Waals surface area contributed by atoms with Crippen LogP contribution >= 0.6 is 0 Å². The molecule has 1 heterocycles. The third-order valence-corrected chi connectivity index (χ3v) is 10.4. The highest BCUT2D eigenvalue weighted by Crippen LogP contribution is 2.41. The Hall–Kier alpha value is -2.02. The van der Waals surface area contributed by atoms with Gasteiger partial charge in [0.2, 0.25) is 10.0 Å². The van der Waals surface area contributed by atoms with Crippen molar-refractivity contribution < 1.29 is 12.8 Å². The van der Waals surface area contributed by atoms with Gasteiger partial charge in [-0.1, -0.05) is 42.8 Å². The number of likely N-dealkylation sites (N-methyl/N-ethyl adjacent to an activating group) is 1. The Bertz CT molecular complexity index is 1140. The maximum atomic E-state index is 13.8. The molecule has 1 aliphatic heterocycles. The minimum atomic E-state index is -3.33. The van der Waals surface area contributed by atoms with Crippen LogP contribution in [0.5, 0.6) is 0 Å². The zero-order chi connectivity index (χ0) is 23.2. The molecule has 2 fully saturated rings. The van der Waals surface area contributed by atoms with E-state index in [9.17, 15) is 12.8 Å². The van der Waals surface area contributed by atoms with Crippen LogP contribution in [0.25, 0.3) is 0 Å². The van der Waals surface area contributed by atoms with E-state index >= 15 is 0 Å². The largest absolute Gasteiger partial charge is 0.316 e. The van der Waals surface area contributed by atoms with Gasteiger partial charge in [0.1, 0.15) is 5.82 Å². The first kappa shape index (κ1) is 22.8. The van der Waals surface area contributed by atoms with Crippen molar-refractivity contribution in [3.05, 3.63) is 83.2 Å². The fraction of sp³-hybridized carbons (Fsp3) is 0.481. The fourth-order valence-electron chi connectivity index (χ4n) is 5.82. The van der Waals surface area contributed by atoms with Crippen molar-refractivity contribution in [1.82, 2.24) is 9.62 Å². The Balaban J connectivity index is 1.32. The molecule has 3 aliphatic rings. The summed E-state index contributed by atoms with van der Waals surface area (Å²) in [6, 6.07) is 13.8. The molecule has 5 rings (SSSR count). The number of benzene rings is 2. The van der Waals surface area contributed by atoms with E-state index in [1.54, 1.807) is 22.5 Å². The Morgan fingerprint density at radius 1 is 1.21 bits per heavy atom. The molecule has 2 aromatic carbocycles. The Morgan fingerprint density at radius 2 is 2.00 bits per heavy atom. The lowest BCUT2D eigenvalue weighted by Gasteiger charge is -2.42. The van der Waals surface area contributed by atoms with E-state index in [0.29, 0.717) is 19.1 Å². The molecule has 1 N–H and O–H groups in total. The number of halogens is 1. The van der Waals surface area contributed by atoms with Crippen molar-refractivity contribution in [3.63, 3.8) is 0 Å². The lowest BCUT2D eigenvalue weighted by atomic mass is 9.83. The lowest BCUT2D eigenvalue weighted by molar-refractivity contribution is 0.249. The topological polar surface area (TPSA) is 49.4 Å². The van der Waals surface area contributed by atoms with Crippen LogP contribution in [0.3, 0.4) is 0 Å². The third kappa shape index (κ3) is 4.17. The van der Waals surface area contributed by atoms with E-state index in [1.807, 2.05) is 13.1 Å². The second kappa shape index (κ2) is 8.97. The SMILES string of the molecule is C=CC(C1CCC1)S(=O)(=O)N1CC(c2ccc3c(c2)C(Cc2cccc(F)c2)C(NC)C3)C1. The first-order valence-electron chi connectivity index (χ1n) is 12.1. The van der Waals surface area contributed by atoms with Crippen LogP contribution in [0.1, 0.15) is 53.4 Å². The highest BCUT2D eigenvalue weighted by atomic mass is 32.2. The second-order valence-electron chi connectivity index (χ2n) is 9.95. The summed E-state index contributed by atoms with van der Waals surface area (Å²) in [5, 5.41) is 3.00. The summed E-state index contributed by atoms with van der Waals surface area (Å²) in [4.78, 5) is 0. The van der Waals surface area contributed by atoms with Gasteiger partial charge in [0.05, 0.1) is 5.25 Å². The summed E-state index contributed by atoms with van der Waals surface area (Å²) in [5.41, 5.74) is 4.86. The zero-order valence-corrected chi connectivity index (χ0v) is 20.0. The van der Waals surface area contributed by atoms with Crippen LogP contribution in [-0.2, 0) is 22.9 Å². The van der Waals surface area contributed by atoms with Gasteiger partial charge in [-0.15, -0.1) is 6.58 Å². The molecule has 6 heteroatoms. The van der Waals surface area contributed by atoms with E-state index in [4.69, 9.17) is 0 Å². The molecule has 2 aromatic rings. The van der Waals surface area contributed by atoms with Gasteiger partial charge < -0.3 is 5.32 Å². The van der Waals surface area contributed by atoms with Gasteiger partial charge in [0.15, 0.2) is 0 Å². The van der Waals surface area contributed by atoms with Crippen LogP contribution in [0, 0.1) is 11.7 Å². The van der Waals surface area contributed by atoms with Crippen LogP contribution in [0.4, 0.5) is 4.39 Å². The van der Waals surface area contributed by atoms with Crippen molar-refractivity contribution in [2.75, 3.05) is 20.1 Å². The molecule has 3 atom stereocenters. The van der Waals surface area contributed by atoms with Crippen LogP contribution in [0.15, 0.2) is 55.1 Å². The summed E-state index contributed by atoms with van der Waals surface area (Å²) >= 11 is 0. The normalized spacial score (nSPS) is 24.7. The number of fused-ring (bicyclic) bond motifs is 1. The number of hydrogen-bond acceptors (Lipinski definition) is 3. The second-order valence-corrected chi connectivity index (χ2v) is 12.0. The molecular formula is C27H33FN2O2S. The van der Waals surface area contributed by atoms with E-state index in [2.05, 4.69) is 30.1 Å². The smallest absolute Gasteiger partial charge is 0.220 e. The number of rotatable bonds is 8. The number of nitrogens with zero attached hydrogens (tertiary/aromatic N) is 1. The number of sulfonamides is 1. The van der Waals surface area contributed by atoms with E-state index in [1.165, 1.54) is 22.8 Å². The molecule has 1 saturated carbocycles. The summed E-state index contributed by atoms with van der Waals surface area (Å²) in [7, 11) is -1.34. The van der Waals surface area contributed by atoms with Crippen LogP contribution < -0.4 is 5.32 Å². The van der Waals surface area contributed by atoms with Crippen molar-refractivity contribution >= 4 is 10.0 Å². The maximum Gasteiger partial charge on any atom is 0.220 e. The molecule has 2 aliphatic carbocycles. The summed E-state index contributed by atoms with van der Waals surface area (Å²) in [6.07, 6.45) is 6.46. The average Bonchev–Trinajstić information content (AvgIpc) is 3.06. The zero-order valence-electron chi connectivity index (χ0n) is 19.2. The standard InChI is InChI=1S/C27H33FN2O2S/c1-3-27(19-7-5-8-19)33(31,32)30-16-22(17-30)20-10-11-21-15-26(29-2)25(24(21)14-20)13-18-6-4-9-23(28)12-18/h3-4,6,9-12,14,19,22,25-27,29H,1,5,7-8,13,15-17H2,2H3. The Labute approximate surface area is 196 Å². The van der Waals surface area contributed by atoms with Crippen LogP contribution in [-0.4, -0.2) is 44.2 Å². The third-order valence-electron chi connectivity index (χ3n) is 8.08. The molecule has 0 bridgehead atoms. The molecule has 0 aromatic heterocycles. The quantitative estimate of drug-likeness (QED) is 0.585. The molecule has 176 valence electrons. The van der Waals surface area contributed by atoms with Crippen molar-refractivity contribution in [2.45, 2.75) is 55.2 Å². The van der Waals surface area contributed by atoms with Crippen molar-refractivity contribution in [3.8, 4) is 0 Å². The summed E-state index contributed by atoms with van der Waals surface area (Å²) in [5.74, 6) is 0.528. The average molecular weight is 469 g/mol. The fourth-order valence-corrected chi connectivity index (χ4v) is 7.94. The van der Waals surface area contributed by atoms with E-state index in [0.717, 1.165) is 37.7 Å². The minimum absolute atomic E-state index is 0.198. The Kier molecular flexibility index (Phi) is 6.19. The van der Waals surface area contributed by atoms with Gasteiger partial charge in [0, 0.05) is 31.0 Å². The maximum absolute atomic E-state index is 13.8. The van der Waals surface area contributed by atoms with Crippen molar-refractivity contribution in [1.29, 1.82) is 0 Å². The predicted octanol–water partition coefficient (Wildman–Crippen LogP) is 4.38. The summed E-state index contributed by atoms with van der Waals surface area (Å²) in [6.45, 7) is 4.90.